The highest BCUT2D eigenvalue weighted by atomic mass is 14.9. The molecule has 100 valence electrons. The number of nitrogens with zero attached hydrogens (tertiary/aromatic N) is 1. The minimum absolute atomic E-state index is 0.658. The Hall–Kier alpha value is -1.77. The van der Waals surface area contributed by atoms with Gasteiger partial charge in [-0.05, 0) is 42.4 Å². The molecule has 1 heterocycles. The molecule has 3 rings (SSSR count). The van der Waals surface area contributed by atoms with Crippen LogP contribution >= 0.6 is 0 Å². The van der Waals surface area contributed by atoms with Crippen LogP contribution in [-0.4, -0.2) is 16.0 Å². The van der Waals surface area contributed by atoms with E-state index in [0.29, 0.717) is 6.04 Å². The topological polar surface area (TPSA) is 40.7 Å². The van der Waals surface area contributed by atoms with E-state index in [1.54, 1.807) is 6.33 Å². The highest BCUT2D eigenvalue weighted by molar-refractivity contribution is 5.62. The van der Waals surface area contributed by atoms with E-state index < -0.39 is 0 Å². The predicted molar refractivity (Wildman–Crippen MR) is 79.0 cm³/mol. The largest absolute Gasteiger partial charge is 0.382 e. The van der Waals surface area contributed by atoms with E-state index in [2.05, 4.69) is 53.4 Å². The number of rotatable bonds is 4. The summed E-state index contributed by atoms with van der Waals surface area (Å²) in [6.07, 6.45) is 6.17. The molecule has 1 fully saturated rings. The third kappa shape index (κ3) is 2.65. The molecule has 0 unspecified atom stereocenters. The van der Waals surface area contributed by atoms with Crippen molar-refractivity contribution in [3.63, 3.8) is 0 Å². The molecule has 0 saturated heterocycles. The van der Waals surface area contributed by atoms with Crippen LogP contribution < -0.4 is 5.32 Å². The molecule has 1 aliphatic carbocycles. The summed E-state index contributed by atoms with van der Waals surface area (Å²) < 4.78 is 0. The summed E-state index contributed by atoms with van der Waals surface area (Å²) in [5.41, 5.74) is 3.46. The van der Waals surface area contributed by atoms with Crippen molar-refractivity contribution in [1.29, 1.82) is 0 Å². The van der Waals surface area contributed by atoms with Gasteiger partial charge in [-0.2, -0.15) is 0 Å². The zero-order chi connectivity index (χ0) is 13.2. The first kappa shape index (κ1) is 12.3. The maximum Gasteiger partial charge on any atom is 0.0924 e. The van der Waals surface area contributed by atoms with Gasteiger partial charge in [-0.15, -0.1) is 0 Å². The molecular weight excluding hydrogens is 234 g/mol. The zero-order valence-corrected chi connectivity index (χ0v) is 11.6. The molecule has 0 amide bonds. The molecule has 2 N–H and O–H groups in total. The van der Waals surface area contributed by atoms with Crippen molar-refractivity contribution in [2.75, 3.05) is 5.32 Å². The van der Waals surface area contributed by atoms with Gasteiger partial charge in [-0.25, -0.2) is 4.98 Å². The number of aromatic amines is 1. The summed E-state index contributed by atoms with van der Waals surface area (Å²) in [6.45, 7) is 4.64. The van der Waals surface area contributed by atoms with Crippen molar-refractivity contribution in [1.82, 2.24) is 9.97 Å². The van der Waals surface area contributed by atoms with Crippen LogP contribution in [0.3, 0.4) is 0 Å². The number of H-pyrrole nitrogens is 1. The van der Waals surface area contributed by atoms with Crippen molar-refractivity contribution in [3.05, 3.63) is 36.8 Å². The van der Waals surface area contributed by atoms with Gasteiger partial charge in [0, 0.05) is 11.7 Å². The lowest BCUT2D eigenvalue weighted by Crippen LogP contribution is -2.37. The van der Waals surface area contributed by atoms with Gasteiger partial charge >= 0.3 is 0 Å². The fourth-order valence-electron chi connectivity index (χ4n) is 2.72. The second kappa shape index (κ2) is 5.08. The first-order valence-electron chi connectivity index (χ1n) is 7.07. The van der Waals surface area contributed by atoms with E-state index in [4.69, 9.17) is 0 Å². The number of benzene rings is 1. The lowest BCUT2D eigenvalue weighted by Gasteiger charge is -2.39. The maximum atomic E-state index is 4.05. The second-order valence-corrected chi connectivity index (χ2v) is 5.86. The molecule has 1 aliphatic rings. The van der Waals surface area contributed by atoms with E-state index >= 15 is 0 Å². The molecule has 2 aromatic rings. The highest BCUT2D eigenvalue weighted by Gasteiger charge is 2.30. The minimum Gasteiger partial charge on any atom is -0.382 e. The predicted octanol–water partition coefficient (Wildman–Crippen LogP) is 3.92. The maximum absolute atomic E-state index is 4.05. The molecule has 1 aromatic heterocycles. The van der Waals surface area contributed by atoms with E-state index in [1.165, 1.54) is 24.1 Å². The van der Waals surface area contributed by atoms with Crippen LogP contribution in [0.15, 0.2) is 36.8 Å². The summed E-state index contributed by atoms with van der Waals surface area (Å²) in [6, 6.07) is 9.23. The van der Waals surface area contributed by atoms with Gasteiger partial charge in [0.05, 0.1) is 18.2 Å². The highest BCUT2D eigenvalue weighted by Crippen LogP contribution is 2.35. The molecule has 1 saturated carbocycles. The fraction of sp³-hybridized carbons (Fsp3) is 0.438. The van der Waals surface area contributed by atoms with E-state index in [9.17, 15) is 0 Å². The Kier molecular flexibility index (Phi) is 3.28. The fourth-order valence-corrected chi connectivity index (χ4v) is 2.72. The molecular formula is C16H21N3. The van der Waals surface area contributed by atoms with Crippen molar-refractivity contribution >= 4 is 5.69 Å². The number of hydrogen-bond donors (Lipinski definition) is 2. The van der Waals surface area contributed by atoms with Gasteiger partial charge in [-0.3, -0.25) is 0 Å². The minimum atomic E-state index is 0.658. The summed E-state index contributed by atoms with van der Waals surface area (Å²) in [7, 11) is 0. The van der Waals surface area contributed by atoms with Gasteiger partial charge in [-0.1, -0.05) is 26.0 Å². The Bertz CT molecular complexity index is 507. The first-order valence-corrected chi connectivity index (χ1v) is 7.07. The smallest absolute Gasteiger partial charge is 0.0924 e. The van der Waals surface area contributed by atoms with E-state index in [0.717, 1.165) is 17.5 Å². The Balaban J connectivity index is 1.59. The Morgan fingerprint density at radius 2 is 1.95 bits per heavy atom. The molecule has 1 aromatic carbocycles. The van der Waals surface area contributed by atoms with Gasteiger partial charge in [0.2, 0.25) is 0 Å². The van der Waals surface area contributed by atoms with Crippen LogP contribution in [-0.2, 0) is 0 Å². The van der Waals surface area contributed by atoms with Crippen LogP contribution in [0.4, 0.5) is 5.69 Å². The normalized spacial score (nSPS) is 22.3. The van der Waals surface area contributed by atoms with Crippen LogP contribution in [0.2, 0.25) is 0 Å². The number of nitrogens with one attached hydrogen (secondary N) is 2. The average molecular weight is 255 g/mol. The number of hydrogen-bond acceptors (Lipinski definition) is 2. The van der Waals surface area contributed by atoms with Crippen molar-refractivity contribution in [2.24, 2.45) is 11.8 Å². The molecule has 0 aliphatic heterocycles. The summed E-state index contributed by atoms with van der Waals surface area (Å²) in [4.78, 5) is 7.17. The molecule has 19 heavy (non-hydrogen) atoms. The van der Waals surface area contributed by atoms with E-state index in [1.807, 2.05) is 6.20 Å². The number of imidazole rings is 1. The van der Waals surface area contributed by atoms with Crippen molar-refractivity contribution in [2.45, 2.75) is 32.7 Å². The third-order valence-electron chi connectivity index (χ3n) is 4.18. The number of aromatic nitrogens is 2. The molecule has 0 bridgehead atoms. The average Bonchev–Trinajstić information content (AvgIpc) is 2.87. The second-order valence-electron chi connectivity index (χ2n) is 5.86. The van der Waals surface area contributed by atoms with Crippen LogP contribution in [0.5, 0.6) is 0 Å². The lowest BCUT2D eigenvalue weighted by atomic mass is 9.73. The van der Waals surface area contributed by atoms with Gasteiger partial charge in [0.1, 0.15) is 0 Å². The SMILES string of the molecule is CC(C)C1CC(Nc2ccc(-c3cnc[nH]3)cc2)C1. The van der Waals surface area contributed by atoms with Crippen molar-refractivity contribution in [3.8, 4) is 11.3 Å². The summed E-state index contributed by atoms with van der Waals surface area (Å²) in [5, 5.41) is 3.61. The Morgan fingerprint density at radius 3 is 2.53 bits per heavy atom. The van der Waals surface area contributed by atoms with Crippen LogP contribution in [0.25, 0.3) is 11.3 Å². The van der Waals surface area contributed by atoms with Gasteiger partial charge < -0.3 is 10.3 Å². The molecule has 0 atom stereocenters. The monoisotopic (exact) mass is 255 g/mol. The standard InChI is InChI=1S/C16H21N3/c1-11(2)13-7-15(8-13)19-14-5-3-12(4-6-14)16-9-17-10-18-16/h3-6,9-11,13,15,19H,7-8H2,1-2H3,(H,17,18). The Labute approximate surface area is 114 Å². The van der Waals surface area contributed by atoms with E-state index in [-0.39, 0.29) is 0 Å². The first-order chi connectivity index (χ1) is 9.22. The molecule has 3 heteroatoms. The summed E-state index contributed by atoms with van der Waals surface area (Å²) >= 11 is 0. The zero-order valence-electron chi connectivity index (χ0n) is 11.6. The van der Waals surface area contributed by atoms with Gasteiger partial charge in [0.15, 0.2) is 0 Å². The molecule has 0 radical (unpaired) electrons. The lowest BCUT2D eigenvalue weighted by molar-refractivity contribution is 0.212. The summed E-state index contributed by atoms with van der Waals surface area (Å²) in [5.74, 6) is 1.72. The van der Waals surface area contributed by atoms with Crippen molar-refractivity contribution < 1.29 is 0 Å². The molecule has 0 spiro atoms. The Morgan fingerprint density at radius 1 is 1.21 bits per heavy atom. The molecule has 3 nitrogen and oxygen atoms in total. The van der Waals surface area contributed by atoms with Gasteiger partial charge in [0.25, 0.3) is 0 Å². The van der Waals surface area contributed by atoms with Crippen LogP contribution in [0.1, 0.15) is 26.7 Å². The quantitative estimate of drug-likeness (QED) is 0.869. The van der Waals surface area contributed by atoms with Crippen LogP contribution in [0, 0.1) is 11.8 Å². The third-order valence-corrected chi connectivity index (χ3v) is 4.18. The number of anilines is 1.